The van der Waals surface area contributed by atoms with Gasteiger partial charge in [0.05, 0.1) is 45.1 Å². The van der Waals surface area contributed by atoms with E-state index in [1.807, 2.05) is 18.2 Å². The molecule has 12 rings (SSSR count). The number of nitrogens with zero attached hydrogens (tertiary/aromatic N) is 4. The van der Waals surface area contributed by atoms with E-state index >= 15 is 0 Å². The second-order valence-corrected chi connectivity index (χ2v) is 28.1. The fourth-order valence-corrected chi connectivity index (χ4v) is 11.3. The van der Waals surface area contributed by atoms with Crippen LogP contribution in [0.5, 0.6) is 0 Å². The number of pyridine rings is 4. The largest absolute Gasteiger partial charge is 0.512 e. The maximum Gasteiger partial charge on any atom is 0.155 e. The molecule has 0 fully saturated rings. The van der Waals surface area contributed by atoms with Gasteiger partial charge in [-0.25, -0.2) is 0 Å². The van der Waals surface area contributed by atoms with Gasteiger partial charge in [-0.15, -0.1) is 139 Å². The number of aliphatic hydroxyl groups is 4. The van der Waals surface area contributed by atoms with Crippen molar-refractivity contribution in [2.45, 2.75) is 173 Å². The van der Waals surface area contributed by atoms with Gasteiger partial charge < -0.3 is 20.4 Å². The summed E-state index contributed by atoms with van der Waals surface area (Å²) in [7, 11) is 0. The normalized spacial score (nSPS) is 10.7. The molecule has 0 atom stereocenters. The second-order valence-electron chi connectivity index (χ2n) is 28.1. The van der Waals surface area contributed by atoms with E-state index in [1.165, 1.54) is 196 Å². The first-order valence-corrected chi connectivity index (χ1v) is 36.1. The van der Waals surface area contributed by atoms with E-state index in [9.17, 15) is 19.2 Å². The Balaban J connectivity index is 0.000000670. The molecule has 602 valence electrons. The molecule has 0 spiro atoms. The van der Waals surface area contributed by atoms with E-state index < -0.39 is 0 Å². The zero-order chi connectivity index (χ0) is 81.4. The van der Waals surface area contributed by atoms with Gasteiger partial charge in [-0.2, -0.15) is 0 Å². The summed E-state index contributed by atoms with van der Waals surface area (Å²) in [5.74, 6) is -0.250. The van der Waals surface area contributed by atoms with Crippen molar-refractivity contribution in [2.24, 2.45) is 0 Å². The van der Waals surface area contributed by atoms with E-state index in [4.69, 9.17) is 40.4 Å². The average Bonchev–Trinajstić information content (AvgIpc) is 0.810. The monoisotopic (exact) mass is 2230 g/mol. The molecule has 0 aliphatic heterocycles. The van der Waals surface area contributed by atoms with Crippen LogP contribution in [0.2, 0.25) is 0 Å². The Hall–Kier alpha value is -9.16. The van der Waals surface area contributed by atoms with Gasteiger partial charge in [0.25, 0.3) is 0 Å². The first-order valence-electron chi connectivity index (χ1n) is 36.1. The van der Waals surface area contributed by atoms with Crippen LogP contribution in [-0.4, -0.2) is 63.5 Å². The van der Waals surface area contributed by atoms with Crippen LogP contribution in [-0.2, 0) is 99.6 Å². The number of aromatic nitrogens is 4. The smallest absolute Gasteiger partial charge is 0.155 e. The van der Waals surface area contributed by atoms with Gasteiger partial charge >= 0.3 is 0 Å². The Morgan fingerprint density at radius 3 is 0.929 bits per heavy atom. The molecule has 0 saturated heterocycles. The summed E-state index contributed by atoms with van der Waals surface area (Å²) >= 11 is 0. The predicted octanol–water partition coefficient (Wildman–Crippen LogP) is 24.2. The van der Waals surface area contributed by atoms with E-state index in [-0.39, 0.29) is 127 Å². The maximum absolute atomic E-state index is 10.0. The van der Waals surface area contributed by atoms with Gasteiger partial charge in [-0.1, -0.05) is 111 Å². The summed E-state index contributed by atoms with van der Waals surface area (Å²) in [6.45, 7) is 47.5. The van der Waals surface area contributed by atoms with Crippen molar-refractivity contribution in [3.63, 3.8) is 0 Å². The molecule has 0 unspecified atom stereocenters. The number of benzene rings is 8. The molecular weight excluding hydrogens is 2120 g/mol. The van der Waals surface area contributed by atoms with Crippen molar-refractivity contribution in [3.05, 3.63) is 306 Å². The van der Waals surface area contributed by atoms with E-state index in [1.54, 1.807) is 0 Å². The number of aryl methyl sites for hydroxylation is 16. The summed E-state index contributed by atoms with van der Waals surface area (Å²) in [6, 6.07) is 62.6. The predicted molar refractivity (Wildman–Crippen MR) is 453 cm³/mol. The van der Waals surface area contributed by atoms with Crippen LogP contribution in [0.25, 0.3) is 88.6 Å². The van der Waals surface area contributed by atoms with Crippen molar-refractivity contribution in [3.8, 4) is 45.0 Å². The molecular formula is C97H106Ir4N4O8-4. The van der Waals surface area contributed by atoms with Gasteiger partial charge in [0.1, 0.15) is 0 Å². The third-order valence-corrected chi connectivity index (χ3v) is 17.9. The van der Waals surface area contributed by atoms with Crippen LogP contribution >= 0.6 is 0 Å². The minimum Gasteiger partial charge on any atom is -0.512 e. The fourth-order valence-electron chi connectivity index (χ4n) is 11.3. The molecule has 12 aromatic rings. The van der Waals surface area contributed by atoms with Crippen LogP contribution in [0.1, 0.15) is 150 Å². The molecule has 12 nitrogen and oxygen atoms in total. The van der Waals surface area contributed by atoms with Gasteiger partial charge in [-0.3, -0.25) is 39.1 Å². The van der Waals surface area contributed by atoms with E-state index in [0.717, 1.165) is 67.1 Å². The van der Waals surface area contributed by atoms with Crippen molar-refractivity contribution in [1.82, 2.24) is 19.9 Å². The van der Waals surface area contributed by atoms with Gasteiger partial charge in [-0.05, 0) is 248 Å². The van der Waals surface area contributed by atoms with Crippen LogP contribution in [0, 0.1) is 142 Å². The molecule has 8 aromatic carbocycles. The Kier molecular flexibility index (Phi) is 43.4. The Labute approximate surface area is 724 Å². The number of hydrogen-bond acceptors (Lipinski definition) is 12. The number of hydrogen-bond donors (Lipinski definition) is 4. The van der Waals surface area contributed by atoms with Crippen molar-refractivity contribution < 1.29 is 120 Å². The molecule has 4 heterocycles. The summed E-state index contributed by atoms with van der Waals surface area (Å²) in [5, 5.41) is 38.2. The van der Waals surface area contributed by atoms with Gasteiger partial charge in [0, 0.05) is 105 Å². The number of carbonyl (C=O) groups excluding carboxylic acids is 4. The number of allylic oxidation sites excluding steroid dienone is 8. The van der Waals surface area contributed by atoms with Crippen LogP contribution in [0.4, 0.5) is 0 Å². The zero-order valence-corrected chi connectivity index (χ0v) is 79.2. The van der Waals surface area contributed by atoms with Crippen molar-refractivity contribution in [2.75, 3.05) is 0 Å². The first kappa shape index (κ1) is 102. The Morgan fingerprint density at radius 1 is 0.292 bits per heavy atom. The van der Waals surface area contributed by atoms with Crippen LogP contribution in [0.15, 0.2) is 187 Å². The Morgan fingerprint density at radius 2 is 0.602 bits per heavy atom. The third kappa shape index (κ3) is 32.7. The summed E-state index contributed by atoms with van der Waals surface area (Å²) in [4.78, 5) is 59.3. The molecule has 16 heteroatoms. The minimum atomic E-state index is -0.125. The topological polar surface area (TPSA) is 201 Å². The summed E-state index contributed by atoms with van der Waals surface area (Å²) in [5.41, 5.74) is 34.2. The Bertz CT molecular complexity index is 5350. The fraction of sp³-hybridized carbons (Fsp3) is 0.258. The number of fused-ring (bicyclic) bond motifs is 4. The quantitative estimate of drug-likeness (QED) is 0.0638. The number of carbonyl (C=O) groups is 4. The van der Waals surface area contributed by atoms with Gasteiger partial charge in [0.2, 0.25) is 0 Å². The van der Waals surface area contributed by atoms with E-state index in [2.05, 4.69) is 263 Å². The molecule has 0 aliphatic carbocycles. The first-order chi connectivity index (χ1) is 51.1. The molecule has 4 N–H and O–H groups in total. The van der Waals surface area contributed by atoms with Crippen molar-refractivity contribution >= 4 is 66.7 Å². The third-order valence-electron chi connectivity index (χ3n) is 17.9. The van der Waals surface area contributed by atoms with Gasteiger partial charge in [0.15, 0.2) is 23.1 Å². The molecule has 0 aliphatic rings. The average molecular weight is 2220 g/mol. The molecule has 0 bridgehead atoms. The molecule has 4 radical (unpaired) electrons. The van der Waals surface area contributed by atoms with E-state index in [0.29, 0.717) is 0 Å². The molecule has 4 aromatic heterocycles. The molecule has 0 saturated carbocycles. The maximum atomic E-state index is 10.0. The standard InChI is InChI=1S/C20H20N.3C19H18N.4C5H8O2.4Ir/c1-12-8-16(5)18(10-14(12)3)19-7-6-17-9-13(2)15(4)11-20(17)21-19;1-12-5-7-17(15(4)9-12)18-8-6-16-10-13(2)14(3)11-19(16)20-18;1-12-5-6-16(9-13(12)2)18-8-7-17-10-14(3)15(4)11-19(17)20-18;1-12-6-5-7-17(15(12)4)18-9-8-16-10-13(2)14(3)11-19(16)20-18;4*1-4(6)3-5(2)7;;;;/h6-9,11H,1-5H3;5-6,8-11H,1-4H3;5,7-11H,1-4H3;5-6,8-11H,1-4H3;4*3,6H,1-2H3;;;;/q4*-1;;;;;;;;. The minimum absolute atomic E-state index is 0. The SMILES string of the molecule is CC(=O)C=C(C)O.CC(=O)C=C(C)O.CC(=O)C=C(C)O.CC(=O)C=C(C)O.Cc1[c-]c(-c2ccc3cc(C)c(C)cc3n2)c(C)cc1C.Cc1c[c-]c(-c2ccc3cc(C)c(C)cc3n2)c(C)c1.Cc1c[c-]c(-c2ccc3cc(C)c(C)cc3n2)cc1C.Cc1cc2ccc(-c3[c-]ccc(C)c3C)nc2cc1C.[Ir].[Ir].[Ir].[Ir]. The number of rotatable bonds is 8. The van der Waals surface area contributed by atoms with Crippen molar-refractivity contribution in [1.29, 1.82) is 0 Å². The van der Waals surface area contributed by atoms with Crippen LogP contribution < -0.4 is 0 Å². The summed E-state index contributed by atoms with van der Waals surface area (Å²) < 4.78 is 0. The zero-order valence-electron chi connectivity index (χ0n) is 69.6. The molecule has 113 heavy (non-hydrogen) atoms. The number of ketones is 4. The van der Waals surface area contributed by atoms with Crippen LogP contribution in [0.3, 0.4) is 0 Å². The summed E-state index contributed by atoms with van der Waals surface area (Å²) in [6.07, 6.45) is 4.67. The second kappa shape index (κ2) is 48.1. The number of aliphatic hydroxyl groups excluding tert-OH is 4. The molecule has 0 amide bonds.